The lowest BCUT2D eigenvalue weighted by molar-refractivity contribution is -0.123. The Morgan fingerprint density at radius 3 is 2.63 bits per heavy atom. The van der Waals surface area contributed by atoms with E-state index in [1.807, 2.05) is 24.3 Å². The molecule has 0 aliphatic carbocycles. The smallest absolute Gasteiger partial charge is 0.262 e. The number of ether oxygens (including phenoxy) is 1. The lowest BCUT2D eigenvalue weighted by Gasteiger charge is -2.20. The van der Waals surface area contributed by atoms with Gasteiger partial charge in [0.2, 0.25) is 0 Å². The van der Waals surface area contributed by atoms with Crippen molar-refractivity contribution >= 4 is 18.0 Å². The first-order valence-electron chi connectivity index (χ1n) is 10.0. The van der Waals surface area contributed by atoms with Gasteiger partial charge < -0.3 is 10.1 Å². The number of rotatable bonds is 10. The lowest BCUT2D eigenvalue weighted by Crippen LogP contribution is -2.48. The van der Waals surface area contributed by atoms with E-state index in [-0.39, 0.29) is 11.5 Å². The zero-order valence-corrected chi connectivity index (χ0v) is 17.5. The van der Waals surface area contributed by atoms with E-state index in [9.17, 15) is 14.0 Å². The number of unbranched alkanes of at least 4 members (excludes halogenated alkanes) is 1. The van der Waals surface area contributed by atoms with E-state index >= 15 is 0 Å². The summed E-state index contributed by atoms with van der Waals surface area (Å²) in [5.74, 6) is -1.26. The van der Waals surface area contributed by atoms with Gasteiger partial charge in [0.1, 0.15) is 17.6 Å². The van der Waals surface area contributed by atoms with E-state index in [0.29, 0.717) is 6.61 Å². The molecule has 0 bridgehead atoms. The number of hydrogen-bond acceptors (Lipinski definition) is 4. The Kier molecular flexibility index (Phi) is 9.00. The molecule has 0 saturated carbocycles. The maximum Gasteiger partial charge on any atom is 0.262 e. The average Bonchev–Trinajstić information content (AvgIpc) is 2.72. The fraction of sp³-hybridized carbons (Fsp3) is 0.348. The third kappa shape index (κ3) is 6.99. The fourth-order valence-electron chi connectivity index (χ4n) is 2.66. The van der Waals surface area contributed by atoms with Crippen LogP contribution in [-0.2, 0) is 4.79 Å². The molecule has 0 saturated heterocycles. The SMILES string of the molecule is CCCCOc1cccc(/C=N/NC(=O)C(NC(=O)c2ccccc2F)C(C)C)c1. The van der Waals surface area contributed by atoms with E-state index < -0.39 is 23.7 Å². The van der Waals surface area contributed by atoms with Crippen molar-refractivity contribution in [1.29, 1.82) is 0 Å². The van der Waals surface area contributed by atoms with Crippen molar-refractivity contribution in [2.24, 2.45) is 11.0 Å². The molecule has 2 amide bonds. The van der Waals surface area contributed by atoms with E-state index in [2.05, 4.69) is 22.8 Å². The highest BCUT2D eigenvalue weighted by Crippen LogP contribution is 2.13. The van der Waals surface area contributed by atoms with Crippen molar-refractivity contribution in [2.75, 3.05) is 6.61 Å². The molecule has 0 heterocycles. The van der Waals surface area contributed by atoms with E-state index in [1.165, 1.54) is 24.4 Å². The highest BCUT2D eigenvalue weighted by molar-refractivity contribution is 5.98. The Balaban J connectivity index is 1.97. The molecule has 0 aliphatic heterocycles. The van der Waals surface area contributed by atoms with Crippen molar-refractivity contribution in [3.8, 4) is 5.75 Å². The quantitative estimate of drug-likeness (QED) is 0.352. The summed E-state index contributed by atoms with van der Waals surface area (Å²) in [7, 11) is 0. The zero-order valence-electron chi connectivity index (χ0n) is 17.5. The van der Waals surface area contributed by atoms with Crippen LogP contribution in [0.25, 0.3) is 0 Å². The normalized spacial score (nSPS) is 12.0. The number of benzene rings is 2. The van der Waals surface area contributed by atoms with Crippen molar-refractivity contribution < 1.29 is 18.7 Å². The molecule has 30 heavy (non-hydrogen) atoms. The monoisotopic (exact) mass is 413 g/mol. The second-order valence-electron chi connectivity index (χ2n) is 7.18. The van der Waals surface area contributed by atoms with Crippen LogP contribution in [0.5, 0.6) is 5.75 Å². The molecular formula is C23H28FN3O3. The minimum Gasteiger partial charge on any atom is -0.494 e. The molecule has 0 aliphatic rings. The van der Waals surface area contributed by atoms with E-state index in [1.54, 1.807) is 19.9 Å². The predicted molar refractivity (Wildman–Crippen MR) is 115 cm³/mol. The molecule has 0 radical (unpaired) electrons. The summed E-state index contributed by atoms with van der Waals surface area (Å²) in [4.78, 5) is 24.9. The summed E-state index contributed by atoms with van der Waals surface area (Å²) < 4.78 is 19.5. The second kappa shape index (κ2) is 11.7. The molecule has 1 unspecified atom stereocenters. The van der Waals surface area contributed by atoms with E-state index in [4.69, 9.17) is 4.74 Å². The number of hydrogen-bond donors (Lipinski definition) is 2. The largest absolute Gasteiger partial charge is 0.494 e. The summed E-state index contributed by atoms with van der Waals surface area (Å²) >= 11 is 0. The highest BCUT2D eigenvalue weighted by Gasteiger charge is 2.25. The van der Waals surface area contributed by atoms with Crippen molar-refractivity contribution in [3.05, 3.63) is 65.5 Å². The molecule has 6 nitrogen and oxygen atoms in total. The number of nitrogens with one attached hydrogen (secondary N) is 2. The Bertz CT molecular complexity index is 884. The molecule has 2 N–H and O–H groups in total. The van der Waals surface area contributed by atoms with Crippen LogP contribution in [0.1, 0.15) is 49.5 Å². The third-order valence-electron chi connectivity index (χ3n) is 4.37. The topological polar surface area (TPSA) is 79.8 Å². The van der Waals surface area contributed by atoms with Crippen molar-refractivity contribution in [2.45, 2.75) is 39.7 Å². The molecule has 0 aromatic heterocycles. The Morgan fingerprint density at radius 1 is 1.17 bits per heavy atom. The van der Waals surface area contributed by atoms with Gasteiger partial charge in [-0.05, 0) is 42.2 Å². The van der Waals surface area contributed by atoms with Gasteiger partial charge in [0.05, 0.1) is 18.4 Å². The van der Waals surface area contributed by atoms with Crippen LogP contribution < -0.4 is 15.5 Å². The number of halogens is 1. The first-order chi connectivity index (χ1) is 14.4. The van der Waals surface area contributed by atoms with Gasteiger partial charge in [0, 0.05) is 0 Å². The molecule has 2 rings (SSSR count). The van der Waals surface area contributed by atoms with Gasteiger partial charge in [0.25, 0.3) is 11.8 Å². The Morgan fingerprint density at radius 2 is 1.93 bits per heavy atom. The Hall–Kier alpha value is -3.22. The van der Waals surface area contributed by atoms with Crippen LogP contribution in [0.2, 0.25) is 0 Å². The number of nitrogens with zero attached hydrogens (tertiary/aromatic N) is 1. The van der Waals surface area contributed by atoms with Crippen molar-refractivity contribution in [1.82, 2.24) is 10.7 Å². The van der Waals surface area contributed by atoms with E-state index in [0.717, 1.165) is 24.2 Å². The predicted octanol–water partition coefficient (Wildman–Crippen LogP) is 3.91. The summed E-state index contributed by atoms with van der Waals surface area (Å²) in [6, 6.07) is 12.1. The molecule has 0 spiro atoms. The summed E-state index contributed by atoms with van der Waals surface area (Å²) in [5.41, 5.74) is 3.09. The summed E-state index contributed by atoms with van der Waals surface area (Å²) in [6.45, 7) is 6.31. The highest BCUT2D eigenvalue weighted by atomic mass is 19.1. The third-order valence-corrected chi connectivity index (χ3v) is 4.37. The molecule has 0 fully saturated rings. The van der Waals surface area contributed by atoms with Gasteiger partial charge in [-0.15, -0.1) is 0 Å². The van der Waals surface area contributed by atoms with Crippen LogP contribution in [0.4, 0.5) is 4.39 Å². The molecule has 1 atom stereocenters. The average molecular weight is 413 g/mol. The molecule has 160 valence electrons. The van der Waals surface area contributed by atoms with Crippen LogP contribution >= 0.6 is 0 Å². The number of amides is 2. The number of carbonyl (C=O) groups is 2. The Labute approximate surface area is 176 Å². The first-order valence-corrected chi connectivity index (χ1v) is 10.0. The van der Waals surface area contributed by atoms with Crippen LogP contribution in [0.3, 0.4) is 0 Å². The molecule has 2 aromatic carbocycles. The zero-order chi connectivity index (χ0) is 21.9. The minimum absolute atomic E-state index is 0.112. The first kappa shape index (κ1) is 23.1. The second-order valence-corrected chi connectivity index (χ2v) is 7.18. The lowest BCUT2D eigenvalue weighted by atomic mass is 10.0. The van der Waals surface area contributed by atoms with Gasteiger partial charge in [-0.2, -0.15) is 5.10 Å². The van der Waals surface area contributed by atoms with Crippen LogP contribution in [-0.4, -0.2) is 30.7 Å². The van der Waals surface area contributed by atoms with Gasteiger partial charge in [-0.25, -0.2) is 9.82 Å². The fourth-order valence-corrected chi connectivity index (χ4v) is 2.66. The number of carbonyl (C=O) groups excluding carboxylic acids is 2. The van der Waals surface area contributed by atoms with Crippen molar-refractivity contribution in [3.63, 3.8) is 0 Å². The van der Waals surface area contributed by atoms with Crippen LogP contribution in [0.15, 0.2) is 53.6 Å². The minimum atomic E-state index is -0.863. The maximum atomic E-state index is 13.8. The number of hydrazone groups is 1. The molecule has 2 aromatic rings. The summed E-state index contributed by atoms with van der Waals surface area (Å²) in [5, 5.41) is 6.55. The van der Waals surface area contributed by atoms with Gasteiger partial charge >= 0.3 is 0 Å². The van der Waals surface area contributed by atoms with Gasteiger partial charge in [0.15, 0.2) is 0 Å². The van der Waals surface area contributed by atoms with Crippen LogP contribution in [0, 0.1) is 11.7 Å². The molecular weight excluding hydrogens is 385 g/mol. The van der Waals surface area contributed by atoms with Gasteiger partial charge in [-0.1, -0.05) is 51.5 Å². The molecule has 7 heteroatoms. The summed E-state index contributed by atoms with van der Waals surface area (Å²) in [6.07, 6.45) is 3.53. The standard InChI is InChI=1S/C23H28FN3O3/c1-4-5-13-30-18-10-8-9-17(14-18)15-25-27-23(29)21(16(2)3)26-22(28)19-11-6-7-12-20(19)24/h6-12,14-16,21H,4-5,13H2,1-3H3,(H,26,28)(H,27,29)/b25-15+. The van der Waals surface area contributed by atoms with Gasteiger partial charge in [-0.3, -0.25) is 9.59 Å². The maximum absolute atomic E-state index is 13.8.